The predicted octanol–water partition coefficient (Wildman–Crippen LogP) is 2.42. The molecule has 2 nitrogen and oxygen atoms in total. The Bertz CT molecular complexity index is 355. The van der Waals surface area contributed by atoms with E-state index in [1.807, 2.05) is 0 Å². The van der Waals surface area contributed by atoms with Gasteiger partial charge in [0.05, 0.1) is 11.6 Å². The summed E-state index contributed by atoms with van der Waals surface area (Å²) in [7, 11) is 0. The third-order valence-electron chi connectivity index (χ3n) is 1.73. The summed E-state index contributed by atoms with van der Waals surface area (Å²) in [5.41, 5.74) is 4.92. The van der Waals surface area contributed by atoms with Gasteiger partial charge in [0.2, 0.25) is 0 Å². The van der Waals surface area contributed by atoms with Crippen molar-refractivity contribution in [3.63, 3.8) is 0 Å². The first-order chi connectivity index (χ1) is 6.56. The molecule has 0 saturated carbocycles. The second-order valence-electron chi connectivity index (χ2n) is 2.67. The molecule has 0 aliphatic carbocycles. The number of carbonyl (C=O) groups excluding carboxylic acids is 1. The Labute approximate surface area is 84.7 Å². The smallest absolute Gasteiger partial charge is 0.263 e. The van der Waals surface area contributed by atoms with Crippen molar-refractivity contribution >= 4 is 17.4 Å². The molecule has 1 aromatic carbocycles. The lowest BCUT2D eigenvalue weighted by atomic mass is 10.1. The van der Waals surface area contributed by atoms with E-state index in [0.717, 1.165) is 6.07 Å². The van der Waals surface area contributed by atoms with Crippen molar-refractivity contribution in [1.29, 1.82) is 0 Å². The average Bonchev–Trinajstić information content (AvgIpc) is 2.17. The fourth-order valence-corrected chi connectivity index (χ4v) is 1.23. The van der Waals surface area contributed by atoms with E-state index in [9.17, 15) is 13.6 Å². The summed E-state index contributed by atoms with van der Waals surface area (Å²) in [4.78, 5) is 11.2. The topological polar surface area (TPSA) is 43.1 Å². The number of halogens is 3. The van der Waals surface area contributed by atoms with Crippen molar-refractivity contribution in [2.45, 2.75) is 6.43 Å². The van der Waals surface area contributed by atoms with Gasteiger partial charge < -0.3 is 5.73 Å². The molecule has 0 saturated heterocycles. The molecule has 0 spiro atoms. The highest BCUT2D eigenvalue weighted by Crippen LogP contribution is 2.24. The summed E-state index contributed by atoms with van der Waals surface area (Å²) in [5, 5.41) is 0.143. The van der Waals surface area contributed by atoms with Crippen LogP contribution in [0.3, 0.4) is 0 Å². The van der Waals surface area contributed by atoms with Gasteiger partial charge in [0, 0.05) is 11.1 Å². The molecule has 2 N–H and O–H groups in total. The molecule has 1 aromatic rings. The minimum atomic E-state index is -2.61. The predicted molar refractivity (Wildman–Crippen MR) is 49.8 cm³/mol. The molecule has 0 unspecified atom stereocenters. The first-order valence-electron chi connectivity index (χ1n) is 3.87. The zero-order chi connectivity index (χ0) is 10.7. The van der Waals surface area contributed by atoms with Gasteiger partial charge in [-0.2, -0.15) is 0 Å². The number of nitrogens with two attached hydrogens (primary N) is 1. The van der Waals surface area contributed by atoms with E-state index >= 15 is 0 Å². The summed E-state index contributed by atoms with van der Waals surface area (Å²) in [6.07, 6.45) is -2.61. The van der Waals surface area contributed by atoms with E-state index in [-0.39, 0.29) is 22.7 Å². The molecule has 0 fully saturated rings. The molecule has 0 aromatic heterocycles. The van der Waals surface area contributed by atoms with E-state index in [1.165, 1.54) is 12.1 Å². The molecule has 0 atom stereocenters. The van der Waals surface area contributed by atoms with Gasteiger partial charge in [-0.1, -0.05) is 17.7 Å². The summed E-state index contributed by atoms with van der Waals surface area (Å²) in [6, 6.07) is 3.52. The molecule has 14 heavy (non-hydrogen) atoms. The number of ketones is 1. The van der Waals surface area contributed by atoms with Gasteiger partial charge >= 0.3 is 0 Å². The van der Waals surface area contributed by atoms with Crippen LogP contribution in [0, 0.1) is 0 Å². The van der Waals surface area contributed by atoms with E-state index in [1.54, 1.807) is 0 Å². The Kier molecular flexibility index (Phi) is 3.55. The minimum Gasteiger partial charge on any atom is -0.324 e. The Morgan fingerprint density at radius 3 is 2.64 bits per heavy atom. The lowest BCUT2D eigenvalue weighted by molar-refractivity contribution is 0.100. The van der Waals surface area contributed by atoms with Crippen LogP contribution in [0.25, 0.3) is 0 Å². The third kappa shape index (κ3) is 2.27. The maximum Gasteiger partial charge on any atom is 0.263 e. The fourth-order valence-electron chi connectivity index (χ4n) is 1.00. The Morgan fingerprint density at radius 1 is 1.50 bits per heavy atom. The van der Waals surface area contributed by atoms with Gasteiger partial charge in [-0.05, 0) is 12.1 Å². The fraction of sp³-hybridized carbons (Fsp3) is 0.222. The lowest BCUT2D eigenvalue weighted by Crippen LogP contribution is -2.14. The molecule has 76 valence electrons. The van der Waals surface area contributed by atoms with E-state index in [0.29, 0.717) is 0 Å². The molecule has 0 aliphatic rings. The Balaban J connectivity index is 3.15. The van der Waals surface area contributed by atoms with Crippen LogP contribution in [-0.4, -0.2) is 12.3 Å². The van der Waals surface area contributed by atoms with Crippen molar-refractivity contribution in [3.8, 4) is 0 Å². The monoisotopic (exact) mass is 219 g/mol. The molecular formula is C9H8ClF2NO. The van der Waals surface area contributed by atoms with Crippen LogP contribution in [0.1, 0.15) is 22.3 Å². The lowest BCUT2D eigenvalue weighted by Gasteiger charge is -2.04. The third-order valence-corrected chi connectivity index (χ3v) is 2.06. The van der Waals surface area contributed by atoms with Crippen LogP contribution in [0.4, 0.5) is 8.78 Å². The van der Waals surface area contributed by atoms with E-state index < -0.39 is 12.2 Å². The highest BCUT2D eigenvalue weighted by Gasteiger charge is 2.13. The van der Waals surface area contributed by atoms with Gasteiger partial charge in [-0.25, -0.2) is 8.78 Å². The van der Waals surface area contributed by atoms with Gasteiger partial charge in [-0.3, -0.25) is 4.79 Å². The van der Waals surface area contributed by atoms with Crippen LogP contribution in [0.5, 0.6) is 0 Å². The van der Waals surface area contributed by atoms with E-state index in [4.69, 9.17) is 17.3 Å². The summed E-state index contributed by atoms with van der Waals surface area (Å²) < 4.78 is 24.5. The molecular weight excluding hydrogens is 212 g/mol. The SMILES string of the molecule is NCC(=O)c1cc(C(F)F)ccc1Cl. The number of Topliss-reactive ketones (excluding diaryl/α,β-unsaturated/α-hetero) is 1. The second-order valence-corrected chi connectivity index (χ2v) is 3.07. The maximum absolute atomic E-state index is 12.3. The Hall–Kier alpha value is -1.00. The van der Waals surface area contributed by atoms with Crippen LogP contribution < -0.4 is 5.73 Å². The number of rotatable bonds is 3. The molecule has 5 heteroatoms. The molecule has 0 amide bonds. The summed E-state index contributed by atoms with van der Waals surface area (Å²) >= 11 is 5.65. The highest BCUT2D eigenvalue weighted by atomic mass is 35.5. The van der Waals surface area contributed by atoms with Crippen molar-refractivity contribution in [2.75, 3.05) is 6.54 Å². The van der Waals surface area contributed by atoms with E-state index in [2.05, 4.69) is 0 Å². The van der Waals surface area contributed by atoms with Crippen LogP contribution in [0.2, 0.25) is 5.02 Å². The number of alkyl halides is 2. The number of carbonyl (C=O) groups is 1. The van der Waals surface area contributed by atoms with Crippen LogP contribution in [0.15, 0.2) is 18.2 Å². The molecule has 0 radical (unpaired) electrons. The normalized spacial score (nSPS) is 10.6. The first-order valence-corrected chi connectivity index (χ1v) is 4.25. The molecule has 1 rings (SSSR count). The summed E-state index contributed by atoms with van der Waals surface area (Å²) in [5.74, 6) is -0.447. The van der Waals surface area contributed by atoms with Crippen molar-refractivity contribution in [1.82, 2.24) is 0 Å². The largest absolute Gasteiger partial charge is 0.324 e. The van der Waals surface area contributed by atoms with Crippen molar-refractivity contribution < 1.29 is 13.6 Å². The highest BCUT2D eigenvalue weighted by molar-refractivity contribution is 6.34. The molecule has 0 aliphatic heterocycles. The van der Waals surface area contributed by atoms with Crippen LogP contribution >= 0.6 is 11.6 Å². The zero-order valence-electron chi connectivity index (χ0n) is 7.14. The number of benzene rings is 1. The Morgan fingerprint density at radius 2 is 2.14 bits per heavy atom. The standard InChI is InChI=1S/C9H8ClF2NO/c10-7-2-1-5(9(11)12)3-6(7)8(14)4-13/h1-3,9H,4,13H2. The quantitative estimate of drug-likeness (QED) is 0.794. The van der Waals surface area contributed by atoms with Gasteiger partial charge in [0.15, 0.2) is 5.78 Å². The first kappa shape index (κ1) is 11.1. The zero-order valence-corrected chi connectivity index (χ0v) is 7.89. The van der Waals surface area contributed by atoms with Gasteiger partial charge in [0.25, 0.3) is 6.43 Å². The maximum atomic E-state index is 12.3. The second kappa shape index (κ2) is 4.48. The molecule has 0 bridgehead atoms. The summed E-state index contributed by atoms with van der Waals surface area (Å²) in [6.45, 7) is -0.244. The average molecular weight is 220 g/mol. The molecule has 0 heterocycles. The minimum absolute atomic E-state index is 0.0481. The van der Waals surface area contributed by atoms with Crippen LogP contribution in [-0.2, 0) is 0 Å². The van der Waals surface area contributed by atoms with Gasteiger partial charge in [-0.15, -0.1) is 0 Å². The number of hydrogen-bond acceptors (Lipinski definition) is 2. The van der Waals surface area contributed by atoms with Crippen molar-refractivity contribution in [2.24, 2.45) is 5.73 Å². The number of hydrogen-bond donors (Lipinski definition) is 1. The van der Waals surface area contributed by atoms with Crippen molar-refractivity contribution in [3.05, 3.63) is 34.3 Å². The van der Waals surface area contributed by atoms with Gasteiger partial charge in [0.1, 0.15) is 0 Å².